The number of nitrogens with one attached hydrogen (secondary N) is 1. The molecule has 0 aromatic rings. The molecule has 0 aliphatic heterocycles. The second-order valence-corrected chi connectivity index (χ2v) is 23.1. The van der Waals surface area contributed by atoms with Crippen molar-refractivity contribution in [1.29, 1.82) is 0 Å². The molecule has 1 N–H and O–H groups in total. The molecule has 0 heterocycles. The molecule has 8 heteroatoms. The minimum atomic E-state index is 0.356. The van der Waals surface area contributed by atoms with Crippen LogP contribution in [0.1, 0.15) is 258 Å². The highest BCUT2D eigenvalue weighted by atomic mass is 16.5. The number of rotatable bonds is 33. The zero-order chi connectivity index (χ0) is 54.5. The van der Waals surface area contributed by atoms with E-state index in [1.807, 2.05) is 0 Å². The molecule has 422 valence electrons. The maximum Gasteiger partial charge on any atom is 0.0594 e. The fourth-order valence-corrected chi connectivity index (χ4v) is 4.86. The van der Waals surface area contributed by atoms with E-state index < -0.39 is 0 Å². The Hall–Kier alpha value is -0.320. The molecule has 0 spiro atoms. The standard InChI is InChI=1S/2C10H22O.C9H20O.C8H19NO.2C8H18O.C7H16O/c2*1-9(2)7-5-6-8-11-10(3)4;1-8(2)6-5-7-10-9(3)4;1-7(2)9-5-6-10-8(3)4;2*1-7(2)5-6-9-8(3)4;1-6(2)5-8-7(3)4/h2*9-10H,5-8H2,1-4H3;8-9H,5-7H2,1-4H3;7-9H,5-6H2,1-4H3;2*7-8H,5-6H2,1-4H3;6-7H,5H2,1-4H3. The average molecular weight is 983 g/mol. The second-order valence-electron chi connectivity index (χ2n) is 23.1. The summed E-state index contributed by atoms with van der Waals surface area (Å²) in [5.41, 5.74) is 0. The first-order valence-electron chi connectivity index (χ1n) is 28.4. The molecule has 0 bridgehead atoms. The van der Waals surface area contributed by atoms with Gasteiger partial charge < -0.3 is 38.5 Å². The summed E-state index contributed by atoms with van der Waals surface area (Å²) in [7, 11) is 0. The zero-order valence-corrected chi connectivity index (χ0v) is 52.2. The Morgan fingerprint density at radius 1 is 0.235 bits per heavy atom. The molecule has 0 saturated heterocycles. The molecule has 0 radical (unpaired) electrons. The minimum Gasteiger partial charge on any atom is -0.379 e. The third-order valence-corrected chi connectivity index (χ3v) is 8.79. The highest BCUT2D eigenvalue weighted by Crippen LogP contribution is 2.08. The van der Waals surface area contributed by atoms with Crippen molar-refractivity contribution >= 4 is 0 Å². The van der Waals surface area contributed by atoms with E-state index in [2.05, 4.69) is 199 Å². The van der Waals surface area contributed by atoms with Crippen molar-refractivity contribution in [3.63, 3.8) is 0 Å². The van der Waals surface area contributed by atoms with Crippen molar-refractivity contribution in [3.05, 3.63) is 0 Å². The molecule has 0 aromatic heterocycles. The van der Waals surface area contributed by atoms with E-state index in [1.165, 1.54) is 64.2 Å². The van der Waals surface area contributed by atoms with Crippen LogP contribution < -0.4 is 5.32 Å². The predicted molar refractivity (Wildman–Crippen MR) is 306 cm³/mol. The highest BCUT2D eigenvalue weighted by Gasteiger charge is 2.00. The quantitative estimate of drug-likeness (QED) is 0.0652. The van der Waals surface area contributed by atoms with Crippen molar-refractivity contribution in [2.75, 3.05) is 52.8 Å². The summed E-state index contributed by atoms with van der Waals surface area (Å²) in [5, 5.41) is 3.28. The molecule has 0 unspecified atom stereocenters. The van der Waals surface area contributed by atoms with Crippen molar-refractivity contribution in [2.24, 2.45) is 35.5 Å². The van der Waals surface area contributed by atoms with Gasteiger partial charge in [0.05, 0.1) is 49.3 Å². The molecule has 0 fully saturated rings. The lowest BCUT2D eigenvalue weighted by molar-refractivity contribution is 0.0593. The number of ether oxygens (including phenoxy) is 7. The lowest BCUT2D eigenvalue weighted by atomic mass is 10.1. The smallest absolute Gasteiger partial charge is 0.0594 e. The van der Waals surface area contributed by atoms with Crippen LogP contribution in [0.3, 0.4) is 0 Å². The van der Waals surface area contributed by atoms with Crippen LogP contribution in [0.4, 0.5) is 0 Å². The summed E-state index contributed by atoms with van der Waals surface area (Å²) in [6.07, 6.45) is 15.3. The lowest BCUT2D eigenvalue weighted by Crippen LogP contribution is -2.27. The molecular weight excluding hydrogens is 847 g/mol. The van der Waals surface area contributed by atoms with Gasteiger partial charge in [0.1, 0.15) is 0 Å². The number of unbranched alkanes of at least 4 members (excludes halogenated alkanes) is 2. The second kappa shape index (κ2) is 62.8. The Bertz CT molecular complexity index is 716. The van der Waals surface area contributed by atoms with Crippen molar-refractivity contribution in [1.82, 2.24) is 5.32 Å². The third kappa shape index (κ3) is 126. The van der Waals surface area contributed by atoms with E-state index in [9.17, 15) is 0 Å². The molecule has 0 aliphatic rings. The molecule has 68 heavy (non-hydrogen) atoms. The van der Waals surface area contributed by atoms with Crippen LogP contribution in [0, 0.1) is 35.5 Å². The molecule has 0 aliphatic carbocycles. The normalized spacial score (nSPS) is 11.4. The van der Waals surface area contributed by atoms with Gasteiger partial charge in [-0.3, -0.25) is 0 Å². The molecule has 0 saturated carbocycles. The first kappa shape index (κ1) is 81.7. The largest absolute Gasteiger partial charge is 0.379 e. The van der Waals surface area contributed by atoms with Gasteiger partial charge in [-0.15, -0.1) is 0 Å². The average Bonchev–Trinajstić information content (AvgIpc) is 3.17. The van der Waals surface area contributed by atoms with Crippen LogP contribution in [-0.4, -0.2) is 102 Å². The molecule has 0 rings (SSSR count). The van der Waals surface area contributed by atoms with Crippen LogP contribution in [-0.2, 0) is 33.2 Å². The molecular formula is C60H135NO7. The van der Waals surface area contributed by atoms with E-state index in [1.54, 1.807) is 0 Å². The van der Waals surface area contributed by atoms with Gasteiger partial charge >= 0.3 is 0 Å². The van der Waals surface area contributed by atoms with Crippen LogP contribution in [0.15, 0.2) is 0 Å². The fraction of sp³-hybridized carbons (Fsp3) is 1.00. The Labute approximate surface area is 432 Å². The van der Waals surface area contributed by atoms with Crippen LogP contribution in [0.25, 0.3) is 0 Å². The maximum atomic E-state index is 5.42. The third-order valence-electron chi connectivity index (χ3n) is 8.79. The van der Waals surface area contributed by atoms with Crippen molar-refractivity contribution in [3.8, 4) is 0 Å². The van der Waals surface area contributed by atoms with Gasteiger partial charge in [-0.05, 0) is 171 Å². The summed E-state index contributed by atoms with van der Waals surface area (Å²) < 4.78 is 37.6. The van der Waals surface area contributed by atoms with E-state index in [4.69, 9.17) is 33.2 Å². The van der Waals surface area contributed by atoms with E-state index >= 15 is 0 Å². The predicted octanol–water partition coefficient (Wildman–Crippen LogP) is 17.7. The Kier molecular flexibility index (Phi) is 75.5. The number of hydrogen-bond donors (Lipinski definition) is 1. The highest BCUT2D eigenvalue weighted by molar-refractivity contribution is 4.52. The monoisotopic (exact) mass is 982 g/mol. The van der Waals surface area contributed by atoms with Gasteiger partial charge in [0.15, 0.2) is 0 Å². The Morgan fingerprint density at radius 2 is 0.485 bits per heavy atom. The van der Waals surface area contributed by atoms with Gasteiger partial charge in [-0.1, -0.05) is 123 Å². The summed E-state index contributed by atoms with van der Waals surface area (Å²) in [6, 6.07) is 0.566. The minimum absolute atomic E-state index is 0.356. The zero-order valence-electron chi connectivity index (χ0n) is 52.2. The van der Waals surface area contributed by atoms with Gasteiger partial charge in [0.2, 0.25) is 0 Å². The fourth-order valence-electron chi connectivity index (χ4n) is 4.86. The molecule has 8 nitrogen and oxygen atoms in total. The topological polar surface area (TPSA) is 76.6 Å². The molecule has 0 amide bonds. The summed E-state index contributed by atoms with van der Waals surface area (Å²) >= 11 is 0. The lowest BCUT2D eigenvalue weighted by Gasteiger charge is -2.10. The summed E-state index contributed by atoms with van der Waals surface area (Å²) in [6.45, 7) is 67.3. The van der Waals surface area contributed by atoms with E-state index in [0.717, 1.165) is 82.4 Å². The molecule has 0 aromatic carbocycles. The van der Waals surface area contributed by atoms with Gasteiger partial charge in [-0.25, -0.2) is 0 Å². The summed E-state index contributed by atoms with van der Waals surface area (Å²) in [4.78, 5) is 0. The van der Waals surface area contributed by atoms with E-state index in [0.29, 0.717) is 54.7 Å². The first-order valence-corrected chi connectivity index (χ1v) is 28.4. The van der Waals surface area contributed by atoms with Crippen LogP contribution >= 0.6 is 0 Å². The van der Waals surface area contributed by atoms with Gasteiger partial charge in [-0.2, -0.15) is 0 Å². The Balaban J connectivity index is -0.000000128. The van der Waals surface area contributed by atoms with Crippen LogP contribution in [0.5, 0.6) is 0 Å². The van der Waals surface area contributed by atoms with Gasteiger partial charge in [0.25, 0.3) is 0 Å². The van der Waals surface area contributed by atoms with E-state index in [-0.39, 0.29) is 0 Å². The van der Waals surface area contributed by atoms with Crippen molar-refractivity contribution in [2.45, 2.75) is 307 Å². The first-order chi connectivity index (χ1) is 31.4. The number of hydrogen-bond acceptors (Lipinski definition) is 8. The SMILES string of the molecule is CC(C)CCCCOC(C)C.CC(C)CCCCOC(C)C.CC(C)CCCOC(C)C.CC(C)CCOC(C)C.CC(C)CCOC(C)C.CC(C)COC(C)C.CC(C)NCCOC(C)C. The molecule has 0 atom stereocenters. The van der Waals surface area contributed by atoms with Gasteiger partial charge in [0, 0.05) is 52.2 Å². The maximum absolute atomic E-state index is 5.42. The van der Waals surface area contributed by atoms with Crippen LogP contribution in [0.2, 0.25) is 0 Å². The van der Waals surface area contributed by atoms with Crippen molar-refractivity contribution < 1.29 is 33.2 Å². The Morgan fingerprint density at radius 3 is 0.721 bits per heavy atom. The summed E-state index contributed by atoms with van der Waals surface area (Å²) in [5.74, 6) is 4.70.